The molecular formula is C14H10ClF3N4S. The van der Waals surface area contributed by atoms with E-state index in [-0.39, 0.29) is 5.78 Å². The Labute approximate surface area is 138 Å². The minimum absolute atomic E-state index is 0.0640. The van der Waals surface area contributed by atoms with E-state index in [2.05, 4.69) is 15.1 Å². The molecule has 0 spiro atoms. The fraction of sp³-hybridized carbons (Fsp3) is 0.214. The number of fused-ring (bicyclic) bond motifs is 1. The zero-order chi connectivity index (χ0) is 16.6. The van der Waals surface area contributed by atoms with Crippen molar-refractivity contribution in [1.29, 1.82) is 0 Å². The van der Waals surface area contributed by atoms with E-state index in [1.54, 1.807) is 19.1 Å². The molecular weight excluding hydrogens is 349 g/mol. The van der Waals surface area contributed by atoms with E-state index in [0.29, 0.717) is 21.5 Å². The Morgan fingerprint density at radius 2 is 2.00 bits per heavy atom. The molecule has 0 fully saturated rings. The smallest absolute Gasteiger partial charge is 0.216 e. The summed E-state index contributed by atoms with van der Waals surface area (Å²) in [5.41, 5.74) is 1.54. The van der Waals surface area contributed by atoms with E-state index in [4.69, 9.17) is 11.6 Å². The molecule has 0 aliphatic carbocycles. The Balaban J connectivity index is 1.95. The second-order valence-corrected chi connectivity index (χ2v) is 6.23. The summed E-state index contributed by atoms with van der Waals surface area (Å²) < 4.78 is 39.4. The summed E-state index contributed by atoms with van der Waals surface area (Å²) in [5.74, 6) is -0.716. The highest BCUT2D eigenvalue weighted by atomic mass is 35.5. The van der Waals surface area contributed by atoms with Gasteiger partial charge >= 0.3 is 6.18 Å². The monoisotopic (exact) mass is 358 g/mol. The number of rotatable bonds is 3. The van der Waals surface area contributed by atoms with Gasteiger partial charge in [0.25, 0.3) is 11.6 Å². The van der Waals surface area contributed by atoms with Gasteiger partial charge < -0.3 is 0 Å². The van der Waals surface area contributed by atoms with Crippen LogP contribution >= 0.6 is 23.4 Å². The number of hydrogen-bond donors (Lipinski definition) is 0. The van der Waals surface area contributed by atoms with Crippen molar-refractivity contribution in [3.63, 3.8) is 0 Å². The van der Waals surface area contributed by atoms with E-state index in [1.165, 1.54) is 11.8 Å². The summed E-state index contributed by atoms with van der Waals surface area (Å²) in [4.78, 5) is 7.45. The maximum absolute atomic E-state index is 12.8. The van der Waals surface area contributed by atoms with Crippen LogP contribution in [0.3, 0.4) is 0 Å². The molecule has 9 heteroatoms. The summed E-state index contributed by atoms with van der Waals surface area (Å²) in [6.45, 7) is 1.70. The van der Waals surface area contributed by atoms with E-state index in [1.807, 2.05) is 18.2 Å². The largest absolute Gasteiger partial charge is 0.453 e. The van der Waals surface area contributed by atoms with Gasteiger partial charge in [-0.3, -0.25) is 0 Å². The number of alkyl halides is 3. The van der Waals surface area contributed by atoms with Crippen LogP contribution in [-0.4, -0.2) is 19.6 Å². The third-order valence-electron chi connectivity index (χ3n) is 2.94. The standard InChI is InChI=1S/C14H10ClF3N4S/c1-8-5-11(23-7-9-3-2-4-10(15)6-9)22-13(19-8)20-12(21-22)14(16,17)18/h2-6H,7H2,1H3. The molecule has 0 amide bonds. The maximum Gasteiger partial charge on any atom is 0.453 e. The van der Waals surface area contributed by atoms with Crippen molar-refractivity contribution in [2.45, 2.75) is 23.9 Å². The van der Waals surface area contributed by atoms with Gasteiger partial charge in [-0.05, 0) is 30.7 Å². The SMILES string of the molecule is Cc1cc(SCc2cccc(Cl)c2)n2nc(C(F)(F)F)nc2n1. The molecule has 0 radical (unpaired) electrons. The quantitative estimate of drug-likeness (QED) is 0.514. The first-order valence-corrected chi connectivity index (χ1v) is 7.88. The van der Waals surface area contributed by atoms with Crippen LogP contribution in [0.25, 0.3) is 5.78 Å². The van der Waals surface area contributed by atoms with E-state index >= 15 is 0 Å². The molecule has 2 heterocycles. The molecule has 0 saturated heterocycles. The first kappa shape index (κ1) is 16.1. The summed E-state index contributed by atoms with van der Waals surface area (Å²) in [6.07, 6.45) is -4.60. The van der Waals surface area contributed by atoms with Crippen LogP contribution in [-0.2, 0) is 11.9 Å². The lowest BCUT2D eigenvalue weighted by Crippen LogP contribution is -2.07. The summed E-state index contributed by atoms with van der Waals surface area (Å²) in [7, 11) is 0. The van der Waals surface area contributed by atoms with E-state index < -0.39 is 12.0 Å². The molecule has 0 saturated carbocycles. The van der Waals surface area contributed by atoms with Crippen LogP contribution in [0.2, 0.25) is 5.02 Å². The highest BCUT2D eigenvalue weighted by Gasteiger charge is 2.36. The average molecular weight is 359 g/mol. The lowest BCUT2D eigenvalue weighted by atomic mass is 10.2. The number of hydrogen-bond acceptors (Lipinski definition) is 4. The van der Waals surface area contributed by atoms with Gasteiger partial charge in [-0.25, -0.2) is 4.98 Å². The minimum atomic E-state index is -4.60. The van der Waals surface area contributed by atoms with Crippen LogP contribution in [0.1, 0.15) is 17.1 Å². The van der Waals surface area contributed by atoms with Gasteiger partial charge in [-0.2, -0.15) is 22.7 Å². The number of aromatic nitrogens is 4. The molecule has 3 aromatic rings. The Bertz CT molecular complexity index is 863. The predicted octanol–water partition coefficient (Wildman–Crippen LogP) is 4.40. The second kappa shape index (κ2) is 6.01. The van der Waals surface area contributed by atoms with Crippen molar-refractivity contribution in [3.8, 4) is 0 Å². The number of aryl methyl sites for hydroxylation is 1. The number of halogens is 4. The second-order valence-electron chi connectivity index (χ2n) is 4.80. The third-order valence-corrected chi connectivity index (χ3v) is 4.24. The third kappa shape index (κ3) is 3.59. The molecule has 4 nitrogen and oxygen atoms in total. The molecule has 1 aromatic carbocycles. The van der Waals surface area contributed by atoms with Crippen molar-refractivity contribution in [1.82, 2.24) is 19.6 Å². The van der Waals surface area contributed by atoms with Crippen LogP contribution < -0.4 is 0 Å². The first-order chi connectivity index (χ1) is 10.8. The van der Waals surface area contributed by atoms with Crippen molar-refractivity contribution >= 4 is 29.1 Å². The summed E-state index contributed by atoms with van der Waals surface area (Å²) in [5, 5.41) is 4.67. The van der Waals surface area contributed by atoms with Gasteiger partial charge in [0.1, 0.15) is 5.03 Å². The molecule has 3 rings (SSSR count). The summed E-state index contributed by atoms with van der Waals surface area (Å²) >= 11 is 7.27. The van der Waals surface area contributed by atoms with Gasteiger partial charge in [-0.15, -0.1) is 16.9 Å². The molecule has 0 aliphatic heterocycles. The van der Waals surface area contributed by atoms with Gasteiger partial charge in [0.15, 0.2) is 0 Å². The molecule has 0 atom stereocenters. The Morgan fingerprint density at radius 3 is 2.70 bits per heavy atom. The lowest BCUT2D eigenvalue weighted by Gasteiger charge is -2.05. The van der Waals surface area contributed by atoms with Crippen LogP contribution in [0.15, 0.2) is 35.4 Å². The van der Waals surface area contributed by atoms with E-state index in [9.17, 15) is 13.2 Å². The molecule has 23 heavy (non-hydrogen) atoms. The zero-order valence-electron chi connectivity index (χ0n) is 11.8. The molecule has 0 unspecified atom stereocenters. The van der Waals surface area contributed by atoms with Gasteiger partial charge in [0.05, 0.1) is 0 Å². The Morgan fingerprint density at radius 1 is 1.22 bits per heavy atom. The van der Waals surface area contributed by atoms with Crippen LogP contribution in [0.4, 0.5) is 13.2 Å². The minimum Gasteiger partial charge on any atom is -0.216 e. The van der Waals surface area contributed by atoms with Gasteiger partial charge in [0.2, 0.25) is 0 Å². The predicted molar refractivity (Wildman–Crippen MR) is 81.5 cm³/mol. The molecule has 0 N–H and O–H groups in total. The highest BCUT2D eigenvalue weighted by Crippen LogP contribution is 2.29. The maximum atomic E-state index is 12.8. The topological polar surface area (TPSA) is 43.1 Å². The van der Waals surface area contributed by atoms with Crippen LogP contribution in [0, 0.1) is 6.92 Å². The highest BCUT2D eigenvalue weighted by molar-refractivity contribution is 7.98. The number of benzene rings is 1. The lowest BCUT2D eigenvalue weighted by molar-refractivity contribution is -0.144. The van der Waals surface area contributed by atoms with Crippen molar-refractivity contribution in [2.24, 2.45) is 0 Å². The molecule has 0 aliphatic rings. The first-order valence-electron chi connectivity index (χ1n) is 6.52. The van der Waals surface area contributed by atoms with Crippen molar-refractivity contribution in [2.75, 3.05) is 0 Å². The van der Waals surface area contributed by atoms with Gasteiger partial charge in [0, 0.05) is 16.5 Å². The molecule has 2 aromatic heterocycles. The van der Waals surface area contributed by atoms with Crippen LogP contribution in [0.5, 0.6) is 0 Å². The Hall–Kier alpha value is -1.80. The van der Waals surface area contributed by atoms with Crippen molar-refractivity contribution in [3.05, 3.63) is 52.4 Å². The molecule has 0 bridgehead atoms. The number of nitrogens with zero attached hydrogens (tertiary/aromatic N) is 4. The molecule has 120 valence electrons. The Kier molecular flexibility index (Phi) is 4.20. The fourth-order valence-corrected chi connectivity index (χ4v) is 3.17. The normalized spacial score (nSPS) is 12.0. The van der Waals surface area contributed by atoms with Gasteiger partial charge in [-0.1, -0.05) is 23.7 Å². The zero-order valence-corrected chi connectivity index (χ0v) is 13.4. The average Bonchev–Trinajstić information content (AvgIpc) is 2.88. The van der Waals surface area contributed by atoms with E-state index in [0.717, 1.165) is 10.1 Å². The number of thioether (sulfide) groups is 1. The van der Waals surface area contributed by atoms with Crippen molar-refractivity contribution < 1.29 is 13.2 Å². The fourth-order valence-electron chi connectivity index (χ4n) is 1.96. The summed E-state index contributed by atoms with van der Waals surface area (Å²) in [6, 6.07) is 8.96.